The first-order valence-corrected chi connectivity index (χ1v) is 6.60. The highest BCUT2D eigenvalue weighted by atomic mass is 16.2. The summed E-state index contributed by atoms with van der Waals surface area (Å²) in [5, 5.41) is 3.79. The molecule has 1 unspecified atom stereocenters. The van der Waals surface area contributed by atoms with Crippen LogP contribution in [0.4, 0.5) is 5.69 Å². The molecular formula is C15H15N5O. The van der Waals surface area contributed by atoms with Crippen LogP contribution >= 0.6 is 0 Å². The van der Waals surface area contributed by atoms with Crippen molar-refractivity contribution in [3.8, 4) is 0 Å². The molecule has 1 amide bonds. The smallest absolute Gasteiger partial charge is 0.241 e. The van der Waals surface area contributed by atoms with E-state index in [2.05, 4.69) is 20.3 Å². The predicted molar refractivity (Wildman–Crippen MR) is 80.6 cm³/mol. The summed E-state index contributed by atoms with van der Waals surface area (Å²) in [5.74, 6) is -0.255. The minimum Gasteiger partial charge on any atom is -0.361 e. The van der Waals surface area contributed by atoms with Crippen molar-refractivity contribution in [3.05, 3.63) is 54.7 Å². The highest BCUT2D eigenvalue weighted by molar-refractivity contribution is 5.95. The van der Waals surface area contributed by atoms with E-state index in [9.17, 15) is 4.79 Å². The van der Waals surface area contributed by atoms with E-state index in [-0.39, 0.29) is 5.91 Å². The monoisotopic (exact) mass is 281 g/mol. The first-order chi connectivity index (χ1) is 10.2. The molecule has 0 radical (unpaired) electrons. The number of amides is 1. The number of anilines is 1. The molecule has 1 atom stereocenters. The molecule has 2 aromatic heterocycles. The number of H-pyrrole nitrogens is 1. The maximum Gasteiger partial charge on any atom is 0.241 e. The average Bonchev–Trinajstić information content (AvgIpc) is 2.91. The van der Waals surface area contributed by atoms with E-state index >= 15 is 0 Å². The fourth-order valence-electron chi connectivity index (χ4n) is 2.23. The van der Waals surface area contributed by atoms with Crippen LogP contribution < -0.4 is 11.1 Å². The molecule has 0 saturated carbocycles. The molecule has 1 aromatic carbocycles. The lowest BCUT2D eigenvalue weighted by Crippen LogP contribution is -2.37. The number of benzene rings is 1. The Kier molecular flexibility index (Phi) is 3.61. The van der Waals surface area contributed by atoms with E-state index in [0.29, 0.717) is 12.1 Å². The zero-order chi connectivity index (χ0) is 14.7. The van der Waals surface area contributed by atoms with Crippen LogP contribution in [0.15, 0.2) is 49.2 Å². The van der Waals surface area contributed by atoms with Crippen molar-refractivity contribution in [3.63, 3.8) is 0 Å². The van der Waals surface area contributed by atoms with Crippen molar-refractivity contribution in [2.75, 3.05) is 5.32 Å². The molecule has 2 heterocycles. The van der Waals surface area contributed by atoms with E-state index in [4.69, 9.17) is 5.73 Å². The molecule has 0 aliphatic rings. The Bertz CT molecular complexity index is 753. The van der Waals surface area contributed by atoms with Gasteiger partial charge in [-0.05, 0) is 18.1 Å². The summed E-state index contributed by atoms with van der Waals surface area (Å²) in [6, 6.07) is 7.30. The molecule has 106 valence electrons. The van der Waals surface area contributed by atoms with E-state index in [1.54, 1.807) is 0 Å². The largest absolute Gasteiger partial charge is 0.361 e. The standard InChI is InChI=1S/C15H15N5O/c16-13(15(21)20-11-7-17-9-18-8-11)5-10-6-19-14-4-2-1-3-12(10)14/h1-4,6-9,13,19H,5,16H2,(H,20,21). The molecule has 21 heavy (non-hydrogen) atoms. The summed E-state index contributed by atoms with van der Waals surface area (Å²) < 4.78 is 0. The molecule has 6 nitrogen and oxygen atoms in total. The van der Waals surface area contributed by atoms with Crippen LogP contribution in [-0.2, 0) is 11.2 Å². The molecule has 0 fully saturated rings. The van der Waals surface area contributed by atoms with Gasteiger partial charge >= 0.3 is 0 Å². The van der Waals surface area contributed by atoms with Crippen LogP contribution in [0.1, 0.15) is 5.56 Å². The summed E-state index contributed by atoms with van der Waals surface area (Å²) in [6.07, 6.45) is 6.82. The zero-order valence-corrected chi connectivity index (χ0v) is 11.3. The molecule has 0 aliphatic carbocycles. The number of hydrogen-bond acceptors (Lipinski definition) is 4. The fourth-order valence-corrected chi connectivity index (χ4v) is 2.23. The first-order valence-electron chi connectivity index (χ1n) is 6.60. The topological polar surface area (TPSA) is 96.7 Å². The Morgan fingerprint density at radius 1 is 1.29 bits per heavy atom. The third-order valence-electron chi connectivity index (χ3n) is 3.28. The summed E-state index contributed by atoms with van der Waals surface area (Å²) in [7, 11) is 0. The second-order valence-electron chi connectivity index (χ2n) is 4.79. The van der Waals surface area contributed by atoms with E-state index in [0.717, 1.165) is 16.5 Å². The number of hydrogen-bond donors (Lipinski definition) is 3. The predicted octanol–water partition coefficient (Wildman–Crippen LogP) is 1.47. The van der Waals surface area contributed by atoms with Crippen molar-refractivity contribution < 1.29 is 4.79 Å². The number of para-hydroxylation sites is 1. The van der Waals surface area contributed by atoms with Gasteiger partial charge in [0.1, 0.15) is 6.33 Å². The van der Waals surface area contributed by atoms with Crippen molar-refractivity contribution in [2.45, 2.75) is 12.5 Å². The normalized spacial score (nSPS) is 12.2. The SMILES string of the molecule is NC(Cc1c[nH]c2ccccc12)C(=O)Nc1cncnc1. The number of carbonyl (C=O) groups is 1. The van der Waals surface area contributed by atoms with Crippen LogP contribution in [-0.4, -0.2) is 26.9 Å². The van der Waals surface area contributed by atoms with Crippen molar-refractivity contribution >= 4 is 22.5 Å². The van der Waals surface area contributed by atoms with Gasteiger partial charge in [0.15, 0.2) is 0 Å². The molecule has 0 aliphatic heterocycles. The third kappa shape index (κ3) is 2.90. The number of carbonyl (C=O) groups excluding carboxylic acids is 1. The van der Waals surface area contributed by atoms with E-state index in [1.165, 1.54) is 18.7 Å². The number of aromatic nitrogens is 3. The number of aromatic amines is 1. The number of nitrogens with one attached hydrogen (secondary N) is 2. The van der Waals surface area contributed by atoms with Gasteiger partial charge in [-0.3, -0.25) is 4.79 Å². The van der Waals surface area contributed by atoms with Gasteiger partial charge in [-0.2, -0.15) is 0 Å². The highest BCUT2D eigenvalue weighted by Gasteiger charge is 2.16. The van der Waals surface area contributed by atoms with Gasteiger partial charge in [0.2, 0.25) is 5.91 Å². The summed E-state index contributed by atoms with van der Waals surface area (Å²) in [4.78, 5) is 22.9. The maximum atomic E-state index is 12.1. The Hall–Kier alpha value is -2.73. The van der Waals surface area contributed by atoms with Crippen LogP contribution in [0.2, 0.25) is 0 Å². The van der Waals surface area contributed by atoms with Gasteiger partial charge in [-0.15, -0.1) is 0 Å². The Morgan fingerprint density at radius 2 is 2.05 bits per heavy atom. The quantitative estimate of drug-likeness (QED) is 0.674. The number of fused-ring (bicyclic) bond motifs is 1. The molecule has 0 spiro atoms. The fraction of sp³-hybridized carbons (Fsp3) is 0.133. The number of nitrogens with two attached hydrogens (primary N) is 1. The minimum atomic E-state index is -0.635. The Morgan fingerprint density at radius 3 is 2.86 bits per heavy atom. The van der Waals surface area contributed by atoms with E-state index < -0.39 is 6.04 Å². The molecule has 6 heteroatoms. The van der Waals surface area contributed by atoms with Crippen LogP contribution in [0, 0.1) is 0 Å². The van der Waals surface area contributed by atoms with Gasteiger partial charge in [-0.25, -0.2) is 9.97 Å². The van der Waals surface area contributed by atoms with Crippen molar-refractivity contribution in [1.29, 1.82) is 0 Å². The summed E-state index contributed by atoms with van der Waals surface area (Å²) >= 11 is 0. The zero-order valence-electron chi connectivity index (χ0n) is 11.3. The van der Waals surface area contributed by atoms with Gasteiger partial charge in [-0.1, -0.05) is 18.2 Å². The highest BCUT2D eigenvalue weighted by Crippen LogP contribution is 2.19. The Labute approximate surface area is 121 Å². The second-order valence-corrected chi connectivity index (χ2v) is 4.79. The second kappa shape index (κ2) is 5.72. The van der Waals surface area contributed by atoms with Gasteiger partial charge < -0.3 is 16.0 Å². The maximum absolute atomic E-state index is 12.1. The summed E-state index contributed by atoms with van der Waals surface area (Å²) in [5.41, 5.74) is 8.58. The lowest BCUT2D eigenvalue weighted by atomic mass is 10.1. The number of nitrogens with zero attached hydrogens (tertiary/aromatic N) is 2. The average molecular weight is 281 g/mol. The number of rotatable bonds is 4. The Balaban J connectivity index is 1.71. The molecule has 4 N–H and O–H groups in total. The van der Waals surface area contributed by atoms with Gasteiger partial charge in [0.05, 0.1) is 24.1 Å². The molecule has 3 rings (SSSR count). The first kappa shape index (κ1) is 13.3. The lowest BCUT2D eigenvalue weighted by molar-refractivity contribution is -0.117. The molecule has 0 bridgehead atoms. The third-order valence-corrected chi connectivity index (χ3v) is 3.28. The van der Waals surface area contributed by atoms with Crippen LogP contribution in [0.5, 0.6) is 0 Å². The van der Waals surface area contributed by atoms with Crippen molar-refractivity contribution in [2.24, 2.45) is 5.73 Å². The molecular weight excluding hydrogens is 266 g/mol. The lowest BCUT2D eigenvalue weighted by Gasteiger charge is -2.11. The summed E-state index contributed by atoms with van der Waals surface area (Å²) in [6.45, 7) is 0. The van der Waals surface area contributed by atoms with Crippen LogP contribution in [0.25, 0.3) is 10.9 Å². The van der Waals surface area contributed by atoms with Crippen LogP contribution in [0.3, 0.4) is 0 Å². The molecule has 3 aromatic rings. The van der Waals surface area contributed by atoms with Crippen molar-refractivity contribution in [1.82, 2.24) is 15.0 Å². The minimum absolute atomic E-state index is 0.255. The van der Waals surface area contributed by atoms with Gasteiger partial charge in [0.25, 0.3) is 0 Å². The van der Waals surface area contributed by atoms with E-state index in [1.807, 2.05) is 30.5 Å². The van der Waals surface area contributed by atoms with Gasteiger partial charge in [0, 0.05) is 17.1 Å². The molecule has 0 saturated heterocycles.